The van der Waals surface area contributed by atoms with Crippen LogP contribution in [0.2, 0.25) is 0 Å². The summed E-state index contributed by atoms with van der Waals surface area (Å²) >= 11 is 2.08. The highest BCUT2D eigenvalue weighted by atomic mass is 127. The van der Waals surface area contributed by atoms with Gasteiger partial charge in [-0.25, -0.2) is 4.79 Å². The first-order valence-corrected chi connectivity index (χ1v) is 6.94. The summed E-state index contributed by atoms with van der Waals surface area (Å²) in [5.41, 5.74) is 1.38. The summed E-state index contributed by atoms with van der Waals surface area (Å²) in [6.07, 6.45) is 0.756. The molecular weight excluding hydrogens is 355 g/mol. The number of rotatable bonds is 5. The Morgan fingerprint density at radius 3 is 2.58 bits per heavy atom. The Kier molecular flexibility index (Phi) is 4.79. The van der Waals surface area contributed by atoms with E-state index in [1.54, 1.807) is 12.1 Å². The van der Waals surface area contributed by atoms with Gasteiger partial charge in [-0.2, -0.15) is 0 Å². The highest BCUT2D eigenvalue weighted by Crippen LogP contribution is 2.21. The van der Waals surface area contributed by atoms with Gasteiger partial charge in [0.1, 0.15) is 11.3 Å². The van der Waals surface area contributed by atoms with Crippen molar-refractivity contribution in [3.05, 3.63) is 63.2 Å². The standard InChI is InChI=1S/C15H13IO3/c16-12-6-7-14(13(10-12)15(17)18)19-9-8-11-4-2-1-3-5-11/h1-7,10H,8-9H2,(H,17,18). The number of aromatic carboxylic acids is 1. The third-order valence-electron chi connectivity index (χ3n) is 2.66. The summed E-state index contributed by atoms with van der Waals surface area (Å²) in [7, 11) is 0. The van der Waals surface area contributed by atoms with Crippen molar-refractivity contribution in [1.29, 1.82) is 0 Å². The number of ether oxygens (including phenoxy) is 1. The lowest BCUT2D eigenvalue weighted by molar-refractivity contribution is 0.0692. The van der Waals surface area contributed by atoms with Gasteiger partial charge in [0.2, 0.25) is 0 Å². The molecule has 0 heterocycles. The average molecular weight is 368 g/mol. The van der Waals surface area contributed by atoms with Crippen molar-refractivity contribution in [2.45, 2.75) is 6.42 Å². The molecule has 3 nitrogen and oxygen atoms in total. The van der Waals surface area contributed by atoms with Crippen molar-refractivity contribution in [3.63, 3.8) is 0 Å². The second-order valence-corrected chi connectivity index (χ2v) is 5.28. The average Bonchev–Trinajstić information content (AvgIpc) is 2.41. The van der Waals surface area contributed by atoms with E-state index in [4.69, 9.17) is 9.84 Å². The maximum atomic E-state index is 11.1. The SMILES string of the molecule is O=C(O)c1cc(I)ccc1OCCc1ccccc1. The van der Waals surface area contributed by atoms with Crippen LogP contribution in [0.1, 0.15) is 15.9 Å². The van der Waals surface area contributed by atoms with Gasteiger partial charge < -0.3 is 9.84 Å². The molecule has 2 aromatic carbocycles. The minimum atomic E-state index is -0.965. The van der Waals surface area contributed by atoms with Crippen LogP contribution in [0.3, 0.4) is 0 Å². The molecule has 0 bridgehead atoms. The van der Waals surface area contributed by atoms with Gasteiger partial charge in [-0.1, -0.05) is 30.3 Å². The lowest BCUT2D eigenvalue weighted by Crippen LogP contribution is -2.06. The second-order valence-electron chi connectivity index (χ2n) is 4.03. The molecule has 19 heavy (non-hydrogen) atoms. The number of carboxylic acids is 1. The van der Waals surface area contributed by atoms with Crippen LogP contribution in [-0.2, 0) is 6.42 Å². The van der Waals surface area contributed by atoms with E-state index in [0.29, 0.717) is 12.4 Å². The fourth-order valence-corrected chi connectivity index (χ4v) is 2.21. The van der Waals surface area contributed by atoms with Gasteiger partial charge in [0.05, 0.1) is 6.61 Å². The monoisotopic (exact) mass is 368 g/mol. The van der Waals surface area contributed by atoms with Crippen LogP contribution in [0, 0.1) is 3.57 Å². The van der Waals surface area contributed by atoms with Gasteiger partial charge in [-0.3, -0.25) is 0 Å². The van der Waals surface area contributed by atoms with Crippen LogP contribution in [0.15, 0.2) is 48.5 Å². The van der Waals surface area contributed by atoms with E-state index in [0.717, 1.165) is 9.99 Å². The van der Waals surface area contributed by atoms with Gasteiger partial charge in [-0.15, -0.1) is 0 Å². The highest BCUT2D eigenvalue weighted by molar-refractivity contribution is 14.1. The molecule has 2 aromatic rings. The van der Waals surface area contributed by atoms with Crippen molar-refractivity contribution in [1.82, 2.24) is 0 Å². The van der Waals surface area contributed by atoms with E-state index >= 15 is 0 Å². The van der Waals surface area contributed by atoms with Crippen molar-refractivity contribution in [3.8, 4) is 5.75 Å². The number of carbonyl (C=O) groups is 1. The first-order chi connectivity index (χ1) is 9.16. The zero-order valence-electron chi connectivity index (χ0n) is 10.2. The Morgan fingerprint density at radius 2 is 1.89 bits per heavy atom. The van der Waals surface area contributed by atoms with E-state index in [1.807, 2.05) is 36.4 Å². The van der Waals surface area contributed by atoms with E-state index in [-0.39, 0.29) is 5.56 Å². The Bertz CT molecular complexity index is 567. The normalized spacial score (nSPS) is 10.2. The number of carboxylic acid groups (broad SMARTS) is 1. The number of hydrogen-bond donors (Lipinski definition) is 1. The largest absolute Gasteiger partial charge is 0.492 e. The summed E-state index contributed by atoms with van der Waals surface area (Å²) in [4.78, 5) is 11.1. The Morgan fingerprint density at radius 1 is 1.16 bits per heavy atom. The maximum Gasteiger partial charge on any atom is 0.339 e. The lowest BCUT2D eigenvalue weighted by Gasteiger charge is -2.09. The molecule has 98 valence electrons. The van der Waals surface area contributed by atoms with Gasteiger partial charge >= 0.3 is 5.97 Å². The van der Waals surface area contributed by atoms with Gasteiger partial charge in [0, 0.05) is 9.99 Å². The number of benzene rings is 2. The molecule has 0 fully saturated rings. The first kappa shape index (κ1) is 13.9. The lowest BCUT2D eigenvalue weighted by atomic mass is 10.1. The fourth-order valence-electron chi connectivity index (χ4n) is 1.72. The summed E-state index contributed by atoms with van der Waals surface area (Å²) in [6.45, 7) is 0.463. The number of hydrogen-bond acceptors (Lipinski definition) is 2. The predicted molar refractivity (Wildman–Crippen MR) is 81.8 cm³/mol. The molecule has 0 radical (unpaired) electrons. The zero-order valence-corrected chi connectivity index (χ0v) is 12.3. The predicted octanol–water partition coefficient (Wildman–Crippen LogP) is 3.61. The molecule has 0 amide bonds. The summed E-state index contributed by atoms with van der Waals surface area (Å²) in [5.74, 6) is -0.544. The Hall–Kier alpha value is -1.56. The van der Waals surface area contributed by atoms with E-state index in [2.05, 4.69) is 22.6 Å². The Balaban J connectivity index is 2.02. The van der Waals surface area contributed by atoms with Crippen molar-refractivity contribution in [2.24, 2.45) is 0 Å². The van der Waals surface area contributed by atoms with Crippen LogP contribution in [0.4, 0.5) is 0 Å². The highest BCUT2D eigenvalue weighted by Gasteiger charge is 2.11. The quantitative estimate of drug-likeness (QED) is 0.821. The third-order valence-corrected chi connectivity index (χ3v) is 3.33. The molecule has 0 saturated carbocycles. The Labute approximate surface area is 125 Å². The van der Waals surface area contributed by atoms with Crippen LogP contribution in [-0.4, -0.2) is 17.7 Å². The minimum Gasteiger partial charge on any atom is -0.492 e. The second kappa shape index (κ2) is 6.56. The maximum absolute atomic E-state index is 11.1. The smallest absolute Gasteiger partial charge is 0.339 e. The molecule has 0 atom stereocenters. The van der Waals surface area contributed by atoms with E-state index in [1.165, 1.54) is 5.56 Å². The zero-order chi connectivity index (χ0) is 13.7. The topological polar surface area (TPSA) is 46.5 Å². The summed E-state index contributed by atoms with van der Waals surface area (Å²) < 4.78 is 6.45. The van der Waals surface area contributed by atoms with Crippen molar-refractivity contribution < 1.29 is 14.6 Å². The summed E-state index contributed by atoms with van der Waals surface area (Å²) in [6, 6.07) is 15.1. The molecule has 0 aliphatic rings. The summed E-state index contributed by atoms with van der Waals surface area (Å²) in [5, 5.41) is 9.12. The van der Waals surface area contributed by atoms with Crippen LogP contribution < -0.4 is 4.74 Å². The fraction of sp³-hybridized carbons (Fsp3) is 0.133. The minimum absolute atomic E-state index is 0.208. The molecule has 2 rings (SSSR count). The molecular formula is C15H13IO3. The number of halogens is 1. The molecule has 0 aliphatic heterocycles. The molecule has 0 saturated heterocycles. The molecule has 0 aromatic heterocycles. The molecule has 1 N–H and O–H groups in total. The first-order valence-electron chi connectivity index (χ1n) is 5.86. The van der Waals surface area contributed by atoms with Gasteiger partial charge in [0.25, 0.3) is 0 Å². The van der Waals surface area contributed by atoms with Crippen molar-refractivity contribution in [2.75, 3.05) is 6.61 Å². The third kappa shape index (κ3) is 3.96. The van der Waals surface area contributed by atoms with Gasteiger partial charge in [0.15, 0.2) is 0 Å². The van der Waals surface area contributed by atoms with Gasteiger partial charge in [-0.05, 0) is 46.4 Å². The van der Waals surface area contributed by atoms with Crippen molar-refractivity contribution >= 4 is 28.6 Å². The van der Waals surface area contributed by atoms with Crippen LogP contribution >= 0.6 is 22.6 Å². The molecule has 0 spiro atoms. The molecule has 0 aliphatic carbocycles. The van der Waals surface area contributed by atoms with Crippen LogP contribution in [0.5, 0.6) is 5.75 Å². The molecule has 0 unspecified atom stereocenters. The van der Waals surface area contributed by atoms with E-state index < -0.39 is 5.97 Å². The van der Waals surface area contributed by atoms with Crippen LogP contribution in [0.25, 0.3) is 0 Å². The van der Waals surface area contributed by atoms with E-state index in [9.17, 15) is 4.79 Å². The molecule has 4 heteroatoms.